The van der Waals surface area contributed by atoms with Crippen molar-refractivity contribution in [2.45, 2.75) is 31.8 Å². The highest BCUT2D eigenvalue weighted by atomic mass is 35.5. The summed E-state index contributed by atoms with van der Waals surface area (Å²) in [5.74, 6) is -0.00171. The maximum absolute atomic E-state index is 12.2. The Balaban J connectivity index is 0.00000208. The third-order valence-corrected chi connectivity index (χ3v) is 5.02. The lowest BCUT2D eigenvalue weighted by Crippen LogP contribution is -2.46. The number of hydrogen-bond acceptors (Lipinski definition) is 5. The van der Waals surface area contributed by atoms with Crippen molar-refractivity contribution in [3.63, 3.8) is 0 Å². The summed E-state index contributed by atoms with van der Waals surface area (Å²) >= 11 is 1.54. The van der Waals surface area contributed by atoms with E-state index in [-0.39, 0.29) is 18.3 Å². The maximum atomic E-state index is 12.2. The summed E-state index contributed by atoms with van der Waals surface area (Å²) in [6.07, 6.45) is 5.39. The molecule has 3 N–H and O–H groups in total. The van der Waals surface area contributed by atoms with Gasteiger partial charge in [-0.1, -0.05) is 24.6 Å². The molecule has 1 aliphatic rings. The number of rotatable bonds is 5. The number of benzene rings is 1. The zero-order valence-electron chi connectivity index (χ0n) is 13.5. The number of carbonyl (C=O) groups is 1. The Morgan fingerprint density at radius 2 is 2.12 bits per heavy atom. The van der Waals surface area contributed by atoms with E-state index in [0.29, 0.717) is 23.3 Å². The van der Waals surface area contributed by atoms with Crippen LogP contribution in [0.4, 0.5) is 5.13 Å². The fourth-order valence-corrected chi connectivity index (χ4v) is 3.71. The van der Waals surface area contributed by atoms with Crippen LogP contribution in [0.1, 0.15) is 34.5 Å². The van der Waals surface area contributed by atoms with Gasteiger partial charge in [0.2, 0.25) is 0 Å². The first-order valence-corrected chi connectivity index (χ1v) is 8.81. The van der Waals surface area contributed by atoms with Crippen LogP contribution in [-0.4, -0.2) is 34.9 Å². The van der Waals surface area contributed by atoms with Gasteiger partial charge in [0.1, 0.15) is 0 Å². The monoisotopic (exact) mass is 366 g/mol. The number of piperidine rings is 1. The van der Waals surface area contributed by atoms with Gasteiger partial charge < -0.3 is 11.1 Å². The van der Waals surface area contributed by atoms with Crippen LogP contribution < -0.4 is 11.1 Å². The number of carbonyl (C=O) groups excluding carboxylic acids is 1. The molecule has 2 heterocycles. The van der Waals surface area contributed by atoms with Gasteiger partial charge in [0.15, 0.2) is 5.13 Å². The van der Waals surface area contributed by atoms with Gasteiger partial charge in [-0.25, -0.2) is 4.98 Å². The first-order chi connectivity index (χ1) is 11.2. The molecule has 7 heteroatoms. The molecule has 1 aromatic heterocycles. The highest BCUT2D eigenvalue weighted by Gasteiger charge is 2.23. The molecular weight excluding hydrogens is 344 g/mol. The van der Waals surface area contributed by atoms with E-state index in [4.69, 9.17) is 5.73 Å². The molecule has 0 bridgehead atoms. The Hall–Kier alpha value is -1.63. The summed E-state index contributed by atoms with van der Waals surface area (Å²) in [6.45, 7) is 2.60. The summed E-state index contributed by atoms with van der Waals surface area (Å²) in [7, 11) is 0. The predicted molar refractivity (Wildman–Crippen MR) is 101 cm³/mol. The van der Waals surface area contributed by atoms with Gasteiger partial charge in [-0.3, -0.25) is 9.69 Å². The largest absolute Gasteiger partial charge is 0.375 e. The number of aromatic nitrogens is 1. The average Bonchev–Trinajstić information content (AvgIpc) is 2.99. The SMILES string of the molecule is Cl.Nc1ncc(CN2CCCCC2CNC(=O)c2ccccc2)s1. The number of nitrogen functional groups attached to an aromatic ring is 1. The Kier molecular flexibility index (Phi) is 7.02. The van der Waals surface area contributed by atoms with Gasteiger partial charge in [-0.05, 0) is 31.5 Å². The Bertz CT molecular complexity index is 649. The zero-order valence-corrected chi connectivity index (χ0v) is 15.1. The molecule has 3 rings (SSSR count). The molecule has 0 saturated carbocycles. The molecule has 5 nitrogen and oxygen atoms in total. The van der Waals surface area contributed by atoms with Crippen LogP contribution in [0.3, 0.4) is 0 Å². The highest BCUT2D eigenvalue weighted by molar-refractivity contribution is 7.15. The summed E-state index contributed by atoms with van der Waals surface area (Å²) in [5.41, 5.74) is 6.43. The second-order valence-electron chi connectivity index (χ2n) is 5.86. The number of hydrogen-bond donors (Lipinski definition) is 2. The molecule has 0 aliphatic carbocycles. The summed E-state index contributed by atoms with van der Waals surface area (Å²) in [6, 6.07) is 9.74. The summed E-state index contributed by atoms with van der Waals surface area (Å²) in [5, 5.41) is 3.69. The van der Waals surface area contributed by atoms with E-state index in [1.54, 1.807) is 11.3 Å². The van der Waals surface area contributed by atoms with E-state index in [9.17, 15) is 4.79 Å². The average molecular weight is 367 g/mol. The molecule has 1 aromatic carbocycles. The number of thiazole rings is 1. The van der Waals surface area contributed by atoms with Crippen LogP contribution >= 0.6 is 23.7 Å². The third kappa shape index (κ3) is 4.93. The lowest BCUT2D eigenvalue weighted by molar-refractivity contribution is 0.0908. The predicted octanol–water partition coefficient (Wildman–Crippen LogP) is 2.93. The van der Waals surface area contributed by atoms with Crippen LogP contribution in [0.5, 0.6) is 0 Å². The van der Waals surface area contributed by atoms with E-state index in [0.717, 1.165) is 19.5 Å². The van der Waals surface area contributed by atoms with E-state index < -0.39 is 0 Å². The number of nitrogens with zero attached hydrogens (tertiary/aromatic N) is 2. The van der Waals surface area contributed by atoms with E-state index >= 15 is 0 Å². The van der Waals surface area contributed by atoms with Gasteiger partial charge in [0.05, 0.1) is 0 Å². The normalized spacial score (nSPS) is 17.9. The van der Waals surface area contributed by atoms with E-state index in [1.807, 2.05) is 36.5 Å². The van der Waals surface area contributed by atoms with E-state index in [2.05, 4.69) is 15.2 Å². The standard InChI is InChI=1S/C17H22N4OS.ClH/c18-17-20-11-15(23-17)12-21-9-5-4-8-14(21)10-19-16(22)13-6-2-1-3-7-13;/h1-3,6-7,11,14H,4-5,8-10,12H2,(H2,18,20)(H,19,22);1H. The fraction of sp³-hybridized carbons (Fsp3) is 0.412. The first kappa shape index (κ1) is 18.7. The quantitative estimate of drug-likeness (QED) is 0.853. The lowest BCUT2D eigenvalue weighted by atomic mass is 10.0. The van der Waals surface area contributed by atoms with Crippen molar-refractivity contribution < 1.29 is 4.79 Å². The molecule has 1 fully saturated rings. The number of anilines is 1. The molecule has 1 amide bonds. The van der Waals surface area contributed by atoms with Crippen LogP contribution in [-0.2, 0) is 6.54 Å². The van der Waals surface area contributed by atoms with Gasteiger partial charge in [-0.2, -0.15) is 0 Å². The zero-order chi connectivity index (χ0) is 16.1. The number of likely N-dealkylation sites (tertiary alicyclic amines) is 1. The molecule has 1 saturated heterocycles. The van der Waals surface area contributed by atoms with Crippen molar-refractivity contribution in [3.05, 3.63) is 47.0 Å². The molecule has 24 heavy (non-hydrogen) atoms. The Labute approximate surface area is 152 Å². The van der Waals surface area contributed by atoms with Crippen molar-refractivity contribution in [2.24, 2.45) is 0 Å². The highest BCUT2D eigenvalue weighted by Crippen LogP contribution is 2.22. The van der Waals surface area contributed by atoms with Gasteiger partial charge >= 0.3 is 0 Å². The number of nitrogens with two attached hydrogens (primary N) is 1. The molecule has 0 spiro atoms. The van der Waals surface area contributed by atoms with Crippen LogP contribution in [0.15, 0.2) is 36.5 Å². The minimum Gasteiger partial charge on any atom is -0.375 e. The Morgan fingerprint density at radius 1 is 1.33 bits per heavy atom. The summed E-state index contributed by atoms with van der Waals surface area (Å²) < 4.78 is 0. The minimum atomic E-state index is -0.00171. The number of amides is 1. The van der Waals surface area contributed by atoms with Crippen molar-refractivity contribution in [1.29, 1.82) is 0 Å². The van der Waals surface area contributed by atoms with Crippen molar-refractivity contribution in [2.75, 3.05) is 18.8 Å². The lowest BCUT2D eigenvalue weighted by Gasteiger charge is -2.35. The second-order valence-corrected chi connectivity index (χ2v) is 7.01. The third-order valence-electron chi connectivity index (χ3n) is 4.21. The second kappa shape index (κ2) is 9.01. The first-order valence-electron chi connectivity index (χ1n) is 8.00. The molecular formula is C17H23ClN4OS. The molecule has 130 valence electrons. The van der Waals surface area contributed by atoms with Gasteiger partial charge in [-0.15, -0.1) is 23.7 Å². The maximum Gasteiger partial charge on any atom is 0.251 e. The molecule has 1 aliphatic heterocycles. The van der Waals surface area contributed by atoms with Crippen LogP contribution in [0.25, 0.3) is 0 Å². The van der Waals surface area contributed by atoms with Crippen molar-refractivity contribution in [1.82, 2.24) is 15.2 Å². The molecule has 1 atom stereocenters. The number of nitrogens with one attached hydrogen (secondary N) is 1. The molecule has 1 unspecified atom stereocenters. The van der Waals surface area contributed by atoms with Crippen molar-refractivity contribution >= 4 is 34.8 Å². The topological polar surface area (TPSA) is 71.2 Å². The molecule has 0 radical (unpaired) electrons. The summed E-state index contributed by atoms with van der Waals surface area (Å²) in [4.78, 5) is 19.9. The van der Waals surface area contributed by atoms with Gasteiger partial charge in [0, 0.05) is 35.8 Å². The van der Waals surface area contributed by atoms with E-state index in [1.165, 1.54) is 17.7 Å². The fourth-order valence-electron chi connectivity index (χ4n) is 3.00. The van der Waals surface area contributed by atoms with Crippen LogP contribution in [0, 0.1) is 0 Å². The van der Waals surface area contributed by atoms with Crippen molar-refractivity contribution in [3.8, 4) is 0 Å². The Morgan fingerprint density at radius 3 is 2.83 bits per heavy atom. The number of halogens is 1. The minimum absolute atomic E-state index is 0. The smallest absolute Gasteiger partial charge is 0.251 e. The van der Waals surface area contributed by atoms with Crippen LogP contribution in [0.2, 0.25) is 0 Å². The van der Waals surface area contributed by atoms with Gasteiger partial charge in [0.25, 0.3) is 5.91 Å². The molecule has 2 aromatic rings.